The van der Waals surface area contributed by atoms with Crippen LogP contribution in [0.4, 0.5) is 0 Å². The number of aliphatic hydroxyl groups is 1. The molecule has 2 heteroatoms. The second-order valence-electron chi connectivity index (χ2n) is 4.15. The summed E-state index contributed by atoms with van der Waals surface area (Å²) in [6.45, 7) is 7.55. The average molecular weight is 157 g/mol. The van der Waals surface area contributed by atoms with E-state index in [2.05, 4.69) is 26.1 Å². The van der Waals surface area contributed by atoms with Crippen molar-refractivity contribution in [3.63, 3.8) is 0 Å². The zero-order valence-electron chi connectivity index (χ0n) is 7.72. The monoisotopic (exact) mass is 157 g/mol. The van der Waals surface area contributed by atoms with Crippen LogP contribution in [0, 0.1) is 5.92 Å². The Morgan fingerprint density at radius 2 is 2.18 bits per heavy atom. The Morgan fingerprint density at radius 1 is 1.55 bits per heavy atom. The quantitative estimate of drug-likeness (QED) is 0.598. The fourth-order valence-corrected chi connectivity index (χ4v) is 1.63. The van der Waals surface area contributed by atoms with Gasteiger partial charge in [0.25, 0.3) is 0 Å². The molecule has 0 aromatic heterocycles. The standard InChI is InChI=1S/C9H19NO/c1-7(2)9(3)6-8(11)4-5-10-9/h7-8,10-11H,4-6H2,1-3H3. The van der Waals surface area contributed by atoms with Crippen LogP contribution in [-0.2, 0) is 0 Å². The van der Waals surface area contributed by atoms with Crippen molar-refractivity contribution in [1.82, 2.24) is 5.32 Å². The lowest BCUT2D eigenvalue weighted by Crippen LogP contribution is -2.53. The molecule has 66 valence electrons. The predicted octanol–water partition coefficient (Wildman–Crippen LogP) is 1.15. The van der Waals surface area contributed by atoms with Gasteiger partial charge in [0.15, 0.2) is 0 Å². The molecule has 11 heavy (non-hydrogen) atoms. The van der Waals surface area contributed by atoms with E-state index < -0.39 is 0 Å². The highest BCUT2D eigenvalue weighted by molar-refractivity contribution is 4.92. The van der Waals surface area contributed by atoms with Crippen LogP contribution in [0.1, 0.15) is 33.6 Å². The van der Waals surface area contributed by atoms with E-state index in [1.165, 1.54) is 0 Å². The van der Waals surface area contributed by atoms with Crippen LogP contribution in [0.2, 0.25) is 0 Å². The molecule has 0 bridgehead atoms. The Balaban J connectivity index is 2.55. The molecule has 1 fully saturated rings. The molecule has 2 unspecified atom stereocenters. The summed E-state index contributed by atoms with van der Waals surface area (Å²) in [6, 6.07) is 0. The zero-order valence-corrected chi connectivity index (χ0v) is 7.72. The van der Waals surface area contributed by atoms with E-state index in [4.69, 9.17) is 0 Å². The lowest BCUT2D eigenvalue weighted by Gasteiger charge is -2.40. The minimum absolute atomic E-state index is 0.0938. The highest BCUT2D eigenvalue weighted by atomic mass is 16.3. The maximum atomic E-state index is 9.45. The summed E-state index contributed by atoms with van der Waals surface area (Å²) in [5.41, 5.74) is 0.150. The molecule has 0 aromatic carbocycles. The maximum Gasteiger partial charge on any atom is 0.0569 e. The molecule has 1 saturated heterocycles. The normalized spacial score (nSPS) is 39.5. The van der Waals surface area contributed by atoms with Crippen molar-refractivity contribution in [2.45, 2.75) is 45.3 Å². The molecular formula is C9H19NO. The number of piperidine rings is 1. The number of hydrogen-bond donors (Lipinski definition) is 2. The summed E-state index contributed by atoms with van der Waals surface area (Å²) in [4.78, 5) is 0. The van der Waals surface area contributed by atoms with Crippen LogP contribution in [0.3, 0.4) is 0 Å². The van der Waals surface area contributed by atoms with E-state index in [0.29, 0.717) is 5.92 Å². The third-order valence-corrected chi connectivity index (χ3v) is 2.94. The van der Waals surface area contributed by atoms with Crippen LogP contribution in [0.25, 0.3) is 0 Å². The molecule has 2 N–H and O–H groups in total. The zero-order chi connectivity index (χ0) is 8.48. The number of nitrogens with one attached hydrogen (secondary N) is 1. The van der Waals surface area contributed by atoms with Crippen LogP contribution < -0.4 is 5.32 Å². The van der Waals surface area contributed by atoms with Gasteiger partial charge in [0.2, 0.25) is 0 Å². The molecule has 2 atom stereocenters. The molecular weight excluding hydrogens is 138 g/mol. The molecule has 0 saturated carbocycles. The first kappa shape index (κ1) is 9.01. The summed E-state index contributed by atoms with van der Waals surface area (Å²) < 4.78 is 0. The number of rotatable bonds is 1. The molecule has 1 aliphatic heterocycles. The Kier molecular flexibility index (Phi) is 2.55. The predicted molar refractivity (Wildman–Crippen MR) is 46.5 cm³/mol. The van der Waals surface area contributed by atoms with Gasteiger partial charge in [-0.05, 0) is 32.2 Å². The van der Waals surface area contributed by atoms with Crippen LogP contribution in [0.15, 0.2) is 0 Å². The second-order valence-corrected chi connectivity index (χ2v) is 4.15. The molecule has 1 aliphatic rings. The van der Waals surface area contributed by atoms with Crippen LogP contribution in [0.5, 0.6) is 0 Å². The first-order chi connectivity index (χ1) is 5.04. The van der Waals surface area contributed by atoms with Gasteiger partial charge in [-0.15, -0.1) is 0 Å². The van der Waals surface area contributed by atoms with E-state index >= 15 is 0 Å². The van der Waals surface area contributed by atoms with Gasteiger partial charge in [0.05, 0.1) is 6.10 Å². The van der Waals surface area contributed by atoms with Crippen molar-refractivity contribution in [2.24, 2.45) is 5.92 Å². The minimum atomic E-state index is -0.0938. The second kappa shape index (κ2) is 3.11. The Labute approximate surface area is 69.0 Å². The molecule has 2 nitrogen and oxygen atoms in total. The average Bonchev–Trinajstić information content (AvgIpc) is 1.86. The van der Waals surface area contributed by atoms with E-state index in [9.17, 15) is 5.11 Å². The molecule has 1 heterocycles. The largest absolute Gasteiger partial charge is 0.393 e. The van der Waals surface area contributed by atoms with E-state index in [1.54, 1.807) is 0 Å². The Morgan fingerprint density at radius 3 is 2.55 bits per heavy atom. The Bertz CT molecular complexity index is 136. The number of hydrogen-bond acceptors (Lipinski definition) is 2. The molecule has 1 rings (SSSR count). The van der Waals surface area contributed by atoms with Crippen molar-refractivity contribution in [1.29, 1.82) is 0 Å². The molecule has 0 aromatic rings. The van der Waals surface area contributed by atoms with Crippen molar-refractivity contribution in [2.75, 3.05) is 6.54 Å². The van der Waals surface area contributed by atoms with Gasteiger partial charge in [-0.2, -0.15) is 0 Å². The van der Waals surface area contributed by atoms with Gasteiger partial charge >= 0.3 is 0 Å². The van der Waals surface area contributed by atoms with Crippen LogP contribution in [-0.4, -0.2) is 23.3 Å². The first-order valence-electron chi connectivity index (χ1n) is 4.48. The molecule has 0 aliphatic carbocycles. The van der Waals surface area contributed by atoms with Gasteiger partial charge in [0, 0.05) is 5.54 Å². The molecule has 0 spiro atoms. The topological polar surface area (TPSA) is 32.3 Å². The maximum absolute atomic E-state index is 9.45. The smallest absolute Gasteiger partial charge is 0.0569 e. The summed E-state index contributed by atoms with van der Waals surface area (Å²) in [6.07, 6.45) is 1.70. The lowest BCUT2D eigenvalue weighted by atomic mass is 9.80. The fraction of sp³-hybridized carbons (Fsp3) is 1.00. The van der Waals surface area contributed by atoms with E-state index in [1.807, 2.05) is 0 Å². The summed E-state index contributed by atoms with van der Waals surface area (Å²) in [5.74, 6) is 0.595. The van der Waals surface area contributed by atoms with E-state index in [-0.39, 0.29) is 11.6 Å². The highest BCUT2D eigenvalue weighted by Gasteiger charge is 2.33. The third-order valence-electron chi connectivity index (χ3n) is 2.94. The third kappa shape index (κ3) is 1.94. The number of aliphatic hydroxyl groups excluding tert-OH is 1. The van der Waals surface area contributed by atoms with Gasteiger partial charge in [-0.25, -0.2) is 0 Å². The van der Waals surface area contributed by atoms with Gasteiger partial charge in [0.1, 0.15) is 0 Å². The summed E-state index contributed by atoms with van der Waals surface area (Å²) >= 11 is 0. The minimum Gasteiger partial charge on any atom is -0.393 e. The van der Waals surface area contributed by atoms with Crippen molar-refractivity contribution in [3.8, 4) is 0 Å². The van der Waals surface area contributed by atoms with Gasteiger partial charge < -0.3 is 10.4 Å². The van der Waals surface area contributed by atoms with Crippen molar-refractivity contribution >= 4 is 0 Å². The first-order valence-corrected chi connectivity index (χ1v) is 4.48. The SMILES string of the molecule is CC(C)C1(C)CC(O)CCN1. The van der Waals surface area contributed by atoms with Crippen LogP contribution >= 0.6 is 0 Å². The van der Waals surface area contributed by atoms with E-state index in [0.717, 1.165) is 19.4 Å². The highest BCUT2D eigenvalue weighted by Crippen LogP contribution is 2.26. The summed E-state index contributed by atoms with van der Waals surface area (Å²) in [7, 11) is 0. The molecule has 0 amide bonds. The van der Waals surface area contributed by atoms with Crippen molar-refractivity contribution < 1.29 is 5.11 Å². The summed E-state index contributed by atoms with van der Waals surface area (Å²) in [5, 5.41) is 12.9. The molecule has 0 radical (unpaired) electrons. The lowest BCUT2D eigenvalue weighted by molar-refractivity contribution is 0.0641. The fourth-order valence-electron chi connectivity index (χ4n) is 1.63. The Hall–Kier alpha value is -0.0800. The van der Waals surface area contributed by atoms with Gasteiger partial charge in [-0.1, -0.05) is 13.8 Å². The van der Waals surface area contributed by atoms with Gasteiger partial charge in [-0.3, -0.25) is 0 Å². The van der Waals surface area contributed by atoms with Crippen molar-refractivity contribution in [3.05, 3.63) is 0 Å².